The minimum absolute atomic E-state index is 0. The van der Waals surface area contributed by atoms with Crippen LogP contribution in [0.5, 0.6) is 5.75 Å². The lowest BCUT2D eigenvalue weighted by atomic mass is 10.2. The van der Waals surface area contributed by atoms with Gasteiger partial charge in [0, 0.05) is 48.3 Å². The van der Waals surface area contributed by atoms with Crippen molar-refractivity contribution < 1.29 is 14.3 Å². The molecule has 0 N–H and O–H groups in total. The number of morpholine rings is 1. The van der Waals surface area contributed by atoms with Crippen molar-refractivity contribution in [2.45, 2.75) is 24.7 Å². The fourth-order valence-corrected chi connectivity index (χ4v) is 5.97. The second-order valence-corrected chi connectivity index (χ2v) is 10.7. The normalized spacial score (nSPS) is 14.0. The number of nitrogens with zero attached hydrogens (tertiary/aromatic N) is 3. The van der Waals surface area contributed by atoms with Crippen molar-refractivity contribution in [3.05, 3.63) is 47.0 Å². The third-order valence-corrected chi connectivity index (χ3v) is 8.28. The van der Waals surface area contributed by atoms with Gasteiger partial charge in [-0.25, -0.2) is 4.98 Å². The van der Waals surface area contributed by atoms with Gasteiger partial charge in [-0.15, -0.1) is 24.2 Å². The Labute approximate surface area is 226 Å². The maximum absolute atomic E-state index is 13.4. The van der Waals surface area contributed by atoms with Crippen LogP contribution in [0, 0.1) is 6.92 Å². The third kappa shape index (κ3) is 7.47. The number of hydrogen-bond donors (Lipinski definition) is 0. The van der Waals surface area contributed by atoms with Crippen molar-refractivity contribution in [1.29, 1.82) is 0 Å². The van der Waals surface area contributed by atoms with Gasteiger partial charge in [0.2, 0.25) is 5.91 Å². The lowest BCUT2D eigenvalue weighted by Crippen LogP contribution is -2.39. The number of methoxy groups -OCH3 is 1. The van der Waals surface area contributed by atoms with Crippen LogP contribution in [0.3, 0.4) is 0 Å². The molecule has 1 aliphatic rings. The highest BCUT2D eigenvalue weighted by Crippen LogP contribution is 2.36. The second kappa shape index (κ2) is 13.7. The molecule has 0 saturated carbocycles. The van der Waals surface area contributed by atoms with E-state index in [1.165, 1.54) is 0 Å². The maximum Gasteiger partial charge on any atom is 0.229 e. The molecule has 0 atom stereocenters. The number of thioether (sulfide) groups is 1. The zero-order valence-electron chi connectivity index (χ0n) is 20.0. The molecule has 3 aromatic rings. The molecule has 4 rings (SSSR count). The molecule has 0 bridgehead atoms. The molecular formula is C25H31Cl2N3O3S2. The van der Waals surface area contributed by atoms with Crippen molar-refractivity contribution >= 4 is 68.4 Å². The van der Waals surface area contributed by atoms with Crippen LogP contribution in [0.2, 0.25) is 5.02 Å². The van der Waals surface area contributed by atoms with Crippen molar-refractivity contribution in [3.63, 3.8) is 0 Å². The molecular weight excluding hydrogens is 525 g/mol. The Balaban J connectivity index is 0.00000342. The first-order valence-corrected chi connectivity index (χ1v) is 13.7. The molecule has 2 aromatic carbocycles. The number of aromatic nitrogens is 1. The summed E-state index contributed by atoms with van der Waals surface area (Å²) in [4.78, 5) is 23.6. The number of hydrogen-bond acceptors (Lipinski definition) is 7. The first-order valence-electron chi connectivity index (χ1n) is 11.5. The SMILES string of the molecule is COc1ccc(C)c2sc(N(CCCN3CCOCC3)C(=O)CCSc3ccc(Cl)cc3)nc12.Cl. The molecule has 0 aliphatic carbocycles. The van der Waals surface area contributed by atoms with Crippen molar-refractivity contribution in [3.8, 4) is 5.75 Å². The largest absolute Gasteiger partial charge is 0.494 e. The van der Waals surface area contributed by atoms with Crippen molar-refractivity contribution in [1.82, 2.24) is 9.88 Å². The second-order valence-electron chi connectivity index (χ2n) is 8.16. The maximum atomic E-state index is 13.4. The lowest BCUT2D eigenvalue weighted by molar-refractivity contribution is -0.118. The minimum Gasteiger partial charge on any atom is -0.494 e. The van der Waals surface area contributed by atoms with Crippen LogP contribution >= 0.6 is 47.1 Å². The van der Waals surface area contributed by atoms with Crippen LogP contribution < -0.4 is 9.64 Å². The molecule has 10 heteroatoms. The average Bonchev–Trinajstić information content (AvgIpc) is 3.30. The topological polar surface area (TPSA) is 54.9 Å². The number of carbonyl (C=O) groups is 1. The Bertz CT molecular complexity index is 1110. The van der Waals surface area contributed by atoms with E-state index >= 15 is 0 Å². The number of benzene rings is 2. The number of ether oxygens (including phenoxy) is 2. The fraction of sp³-hybridized carbons (Fsp3) is 0.440. The van der Waals surface area contributed by atoms with Gasteiger partial charge in [-0.1, -0.05) is 29.0 Å². The van der Waals surface area contributed by atoms with Gasteiger partial charge in [0.15, 0.2) is 5.13 Å². The Kier molecular flexibility index (Phi) is 10.9. The van der Waals surface area contributed by atoms with E-state index in [9.17, 15) is 4.79 Å². The lowest BCUT2D eigenvalue weighted by Gasteiger charge is -2.27. The first-order chi connectivity index (χ1) is 16.5. The van der Waals surface area contributed by atoms with Gasteiger partial charge in [-0.3, -0.25) is 14.6 Å². The van der Waals surface area contributed by atoms with Gasteiger partial charge in [0.25, 0.3) is 0 Å². The average molecular weight is 557 g/mol. The number of amides is 1. The summed E-state index contributed by atoms with van der Waals surface area (Å²) in [6.07, 6.45) is 1.33. The molecule has 2 heterocycles. The van der Waals surface area contributed by atoms with Gasteiger partial charge < -0.3 is 9.47 Å². The molecule has 0 spiro atoms. The third-order valence-electron chi connectivity index (χ3n) is 5.80. The Morgan fingerprint density at radius 3 is 2.69 bits per heavy atom. The summed E-state index contributed by atoms with van der Waals surface area (Å²) in [5, 5.41) is 1.46. The van der Waals surface area contributed by atoms with E-state index in [1.807, 2.05) is 41.3 Å². The highest BCUT2D eigenvalue weighted by atomic mass is 35.5. The summed E-state index contributed by atoms with van der Waals surface area (Å²) >= 11 is 9.21. The van der Waals surface area contributed by atoms with Crippen LogP contribution in [0.15, 0.2) is 41.3 Å². The van der Waals surface area contributed by atoms with E-state index in [0.29, 0.717) is 23.7 Å². The summed E-state index contributed by atoms with van der Waals surface area (Å²) < 4.78 is 12.0. The molecule has 190 valence electrons. The summed E-state index contributed by atoms with van der Waals surface area (Å²) in [5.74, 6) is 1.54. The molecule has 1 aromatic heterocycles. The molecule has 1 aliphatic heterocycles. The molecule has 0 unspecified atom stereocenters. The van der Waals surface area contributed by atoms with Gasteiger partial charge in [0.1, 0.15) is 11.3 Å². The number of fused-ring (bicyclic) bond motifs is 1. The number of halogens is 2. The number of thiazole rings is 1. The Morgan fingerprint density at radius 1 is 1.23 bits per heavy atom. The fourth-order valence-electron chi connectivity index (χ4n) is 3.90. The van der Waals surface area contributed by atoms with Gasteiger partial charge in [0.05, 0.1) is 25.0 Å². The van der Waals surface area contributed by atoms with E-state index in [-0.39, 0.29) is 18.3 Å². The highest BCUT2D eigenvalue weighted by Gasteiger charge is 2.22. The summed E-state index contributed by atoms with van der Waals surface area (Å²) in [6.45, 7) is 7.11. The number of aryl methyl sites for hydroxylation is 1. The zero-order chi connectivity index (χ0) is 23.9. The number of carbonyl (C=O) groups excluding carboxylic acids is 1. The quantitative estimate of drug-likeness (QED) is 0.289. The first kappa shape index (κ1) is 28.0. The van der Waals surface area contributed by atoms with Crippen molar-refractivity contribution in [2.24, 2.45) is 0 Å². The molecule has 1 fully saturated rings. The summed E-state index contributed by atoms with van der Waals surface area (Å²) in [7, 11) is 1.66. The van der Waals surface area contributed by atoms with E-state index in [0.717, 1.165) is 70.8 Å². The number of rotatable bonds is 10. The molecule has 35 heavy (non-hydrogen) atoms. The van der Waals surface area contributed by atoms with Crippen LogP contribution in [0.4, 0.5) is 5.13 Å². The van der Waals surface area contributed by atoms with Gasteiger partial charge >= 0.3 is 0 Å². The number of anilines is 1. The monoisotopic (exact) mass is 555 g/mol. The predicted molar refractivity (Wildman–Crippen MR) is 149 cm³/mol. The molecule has 0 radical (unpaired) electrons. The predicted octanol–water partition coefficient (Wildman–Crippen LogP) is 5.93. The van der Waals surface area contributed by atoms with E-state index in [2.05, 4.69) is 11.8 Å². The van der Waals surface area contributed by atoms with Crippen LogP contribution in [0.1, 0.15) is 18.4 Å². The summed E-state index contributed by atoms with van der Waals surface area (Å²) in [5.41, 5.74) is 1.96. The van der Waals surface area contributed by atoms with Crippen LogP contribution in [0.25, 0.3) is 10.2 Å². The standard InChI is InChI=1S/C25H30ClN3O3S2.ClH/c1-18-4-9-21(31-2)23-24(18)34-25(27-23)29(12-3-11-28-13-15-32-16-14-28)22(30)10-17-33-20-7-5-19(26)6-8-20;/h4-9H,3,10-17H2,1-2H3;1H. The minimum atomic E-state index is 0. The smallest absolute Gasteiger partial charge is 0.229 e. The van der Waals surface area contributed by atoms with E-state index in [1.54, 1.807) is 30.2 Å². The zero-order valence-corrected chi connectivity index (χ0v) is 23.2. The van der Waals surface area contributed by atoms with Crippen molar-refractivity contribution in [2.75, 3.05) is 57.2 Å². The summed E-state index contributed by atoms with van der Waals surface area (Å²) in [6, 6.07) is 11.7. The van der Waals surface area contributed by atoms with Gasteiger partial charge in [-0.2, -0.15) is 0 Å². The Hall–Kier alpha value is -1.55. The van der Waals surface area contributed by atoms with E-state index in [4.69, 9.17) is 26.1 Å². The van der Waals surface area contributed by atoms with Crippen LogP contribution in [-0.4, -0.2) is 68.0 Å². The molecule has 1 saturated heterocycles. The Morgan fingerprint density at radius 2 is 1.97 bits per heavy atom. The molecule has 1 amide bonds. The highest BCUT2D eigenvalue weighted by molar-refractivity contribution is 7.99. The van der Waals surface area contributed by atoms with Gasteiger partial charge in [-0.05, 0) is 49.2 Å². The molecule has 6 nitrogen and oxygen atoms in total. The van der Waals surface area contributed by atoms with E-state index < -0.39 is 0 Å². The van der Waals surface area contributed by atoms with Crippen LogP contribution in [-0.2, 0) is 9.53 Å².